The number of β-lactam (4-membered cyclic amide) rings is 1. The summed E-state index contributed by atoms with van der Waals surface area (Å²) in [6.07, 6.45) is -4.47. The number of nitrogens with one attached hydrogen (secondary N) is 2. The van der Waals surface area contributed by atoms with Gasteiger partial charge in [0.25, 0.3) is 0 Å². The lowest BCUT2D eigenvalue weighted by atomic mass is 9.80. The van der Waals surface area contributed by atoms with E-state index in [1.165, 1.54) is 28.4 Å². The van der Waals surface area contributed by atoms with Gasteiger partial charge in [0.2, 0.25) is 17.0 Å². The Bertz CT molecular complexity index is 1010. The minimum Gasteiger partial charge on any atom is -0.477 e. The minimum atomic E-state index is -5.08. The number of thioether (sulfide) groups is 1. The highest BCUT2D eigenvalue weighted by atomic mass is 32.2. The van der Waals surface area contributed by atoms with Crippen LogP contribution in [0.3, 0.4) is 0 Å². The number of carbonyl (C=O) groups is 4. The molecular weight excluding hydrogens is 475 g/mol. The molecule has 0 aliphatic carbocycles. The molecule has 33 heavy (non-hydrogen) atoms. The summed E-state index contributed by atoms with van der Waals surface area (Å²) in [6.45, 7) is 0.685. The van der Waals surface area contributed by atoms with Crippen molar-refractivity contribution in [3.05, 3.63) is 11.3 Å². The molecule has 0 aromatic carbocycles. The van der Waals surface area contributed by atoms with Crippen LogP contribution in [0.4, 0.5) is 13.2 Å². The quantitative estimate of drug-likeness (QED) is 0.273. The number of alkyl halides is 3. The van der Waals surface area contributed by atoms with Gasteiger partial charge in [-0.3, -0.25) is 14.5 Å². The van der Waals surface area contributed by atoms with Gasteiger partial charge in [0.15, 0.2) is 0 Å². The number of carboxylic acids is 2. The summed E-state index contributed by atoms with van der Waals surface area (Å²) in [6, 6.07) is -0.302. The number of nitrogens with zero attached hydrogens (tertiary/aromatic N) is 5. The van der Waals surface area contributed by atoms with E-state index in [0.717, 1.165) is 0 Å². The first kappa shape index (κ1) is 24.4. The van der Waals surface area contributed by atoms with Crippen molar-refractivity contribution in [2.24, 2.45) is 5.92 Å². The molecule has 4 rings (SSSR count). The number of likely N-dealkylation sites (N-methyl/N-ethyl adjacent to an activating group) is 1. The van der Waals surface area contributed by atoms with Crippen molar-refractivity contribution in [1.82, 2.24) is 35.7 Å². The van der Waals surface area contributed by atoms with Gasteiger partial charge in [-0.2, -0.15) is 13.2 Å². The van der Waals surface area contributed by atoms with Crippen molar-refractivity contribution in [2.45, 2.75) is 36.4 Å². The molecular formula is C16H18F3N7O6S. The number of halogens is 3. The second-order valence-corrected chi connectivity index (χ2v) is 8.13. The number of hydrogen-bond donors (Lipinski definition) is 4. The van der Waals surface area contributed by atoms with E-state index < -0.39 is 18.1 Å². The molecule has 3 atom stereocenters. The van der Waals surface area contributed by atoms with Crippen molar-refractivity contribution < 1.29 is 42.6 Å². The van der Waals surface area contributed by atoms with Crippen molar-refractivity contribution in [3.8, 4) is 0 Å². The predicted octanol–water partition coefficient (Wildman–Crippen LogP) is -1.31. The van der Waals surface area contributed by atoms with E-state index in [1.807, 2.05) is 0 Å². The first-order chi connectivity index (χ1) is 15.5. The fourth-order valence-electron chi connectivity index (χ4n) is 3.78. The number of tetrazole rings is 1. The summed E-state index contributed by atoms with van der Waals surface area (Å²) in [5, 5.41) is 34.1. The number of aromatic nitrogens is 4. The standard InChI is InChI=1S/C14H17N7O4S.C2HF3O2/c1-15-8(22)4-20-14(17-18-19-20)26-5-7-2-6-3-16-9-10(6)21(12(9)23)11(7)13(24)25;3-2(4,5)1(6)7/h6,9-10,16H,2-5H2,1H3,(H,15,22)(H,24,25);(H,6,7)/t6-,9+,10-;/m1./s1. The van der Waals surface area contributed by atoms with Crippen LogP contribution in [0.25, 0.3) is 0 Å². The lowest BCUT2D eigenvalue weighted by molar-refractivity contribution is -0.192. The fourth-order valence-corrected chi connectivity index (χ4v) is 4.69. The summed E-state index contributed by atoms with van der Waals surface area (Å²) in [4.78, 5) is 45.8. The molecule has 0 spiro atoms. The van der Waals surface area contributed by atoms with Gasteiger partial charge in [-0.1, -0.05) is 11.8 Å². The monoisotopic (exact) mass is 493 g/mol. The topological polar surface area (TPSA) is 180 Å². The average molecular weight is 493 g/mol. The molecule has 2 saturated heterocycles. The van der Waals surface area contributed by atoms with E-state index in [4.69, 9.17) is 9.90 Å². The highest BCUT2D eigenvalue weighted by molar-refractivity contribution is 7.99. The lowest BCUT2D eigenvalue weighted by Gasteiger charge is -2.48. The molecule has 0 saturated carbocycles. The van der Waals surface area contributed by atoms with E-state index in [2.05, 4.69) is 26.2 Å². The smallest absolute Gasteiger partial charge is 0.477 e. The third kappa shape index (κ3) is 4.92. The van der Waals surface area contributed by atoms with Crippen LogP contribution in [-0.2, 0) is 25.7 Å². The highest BCUT2D eigenvalue weighted by Crippen LogP contribution is 2.44. The van der Waals surface area contributed by atoms with Gasteiger partial charge in [-0.25, -0.2) is 14.3 Å². The highest BCUT2D eigenvalue weighted by Gasteiger charge is 2.59. The van der Waals surface area contributed by atoms with Crippen molar-refractivity contribution in [1.29, 1.82) is 0 Å². The van der Waals surface area contributed by atoms with E-state index in [9.17, 15) is 32.7 Å². The largest absolute Gasteiger partial charge is 0.490 e. The molecule has 0 unspecified atom stereocenters. The molecule has 17 heteroatoms. The Morgan fingerprint density at radius 3 is 2.55 bits per heavy atom. The van der Waals surface area contributed by atoms with Gasteiger partial charge in [0.05, 0.1) is 6.04 Å². The fraction of sp³-hybridized carbons (Fsp3) is 0.562. The molecule has 4 N–H and O–H groups in total. The van der Waals surface area contributed by atoms with Crippen LogP contribution in [0.1, 0.15) is 6.42 Å². The summed E-state index contributed by atoms with van der Waals surface area (Å²) in [5.74, 6) is -3.71. The van der Waals surface area contributed by atoms with E-state index in [1.54, 1.807) is 0 Å². The van der Waals surface area contributed by atoms with Gasteiger partial charge in [0, 0.05) is 19.3 Å². The summed E-state index contributed by atoms with van der Waals surface area (Å²) >= 11 is 1.26. The lowest BCUT2D eigenvalue weighted by Crippen LogP contribution is -2.68. The summed E-state index contributed by atoms with van der Waals surface area (Å²) in [5.41, 5.74) is 0.766. The average Bonchev–Trinajstić information content (AvgIpc) is 3.35. The zero-order valence-corrected chi connectivity index (χ0v) is 17.7. The second kappa shape index (κ2) is 9.34. The Morgan fingerprint density at radius 2 is 1.97 bits per heavy atom. The number of rotatable bonds is 6. The van der Waals surface area contributed by atoms with Crippen LogP contribution < -0.4 is 10.6 Å². The van der Waals surface area contributed by atoms with E-state index >= 15 is 0 Å². The van der Waals surface area contributed by atoms with Crippen LogP contribution >= 0.6 is 11.8 Å². The predicted molar refractivity (Wildman–Crippen MR) is 101 cm³/mol. The molecule has 1 aromatic heterocycles. The number of hydrogen-bond acceptors (Lipinski definition) is 9. The number of carboxylic acid groups (broad SMARTS) is 2. The normalized spacial score (nSPS) is 23.3. The molecule has 0 radical (unpaired) electrons. The van der Waals surface area contributed by atoms with Gasteiger partial charge in [-0.05, 0) is 28.3 Å². The van der Waals surface area contributed by atoms with E-state index in [-0.39, 0.29) is 42.1 Å². The third-order valence-electron chi connectivity index (χ3n) is 5.20. The van der Waals surface area contributed by atoms with Crippen LogP contribution in [0.2, 0.25) is 0 Å². The second-order valence-electron chi connectivity index (χ2n) is 7.19. The molecule has 2 amide bonds. The summed E-state index contributed by atoms with van der Waals surface area (Å²) < 4.78 is 33.1. The molecule has 1 aromatic rings. The number of amides is 2. The maximum Gasteiger partial charge on any atom is 0.490 e. The molecule has 4 heterocycles. The zero-order valence-electron chi connectivity index (χ0n) is 16.9. The maximum atomic E-state index is 12.2. The van der Waals surface area contributed by atoms with Crippen molar-refractivity contribution in [2.75, 3.05) is 19.3 Å². The Hall–Kier alpha value is -3.21. The first-order valence-corrected chi connectivity index (χ1v) is 10.4. The molecule has 3 aliphatic rings. The van der Waals surface area contributed by atoms with Crippen molar-refractivity contribution >= 4 is 35.5 Å². The Labute approximate surface area is 187 Å². The summed E-state index contributed by atoms with van der Waals surface area (Å²) in [7, 11) is 1.52. The van der Waals surface area contributed by atoms with E-state index in [0.29, 0.717) is 29.4 Å². The van der Waals surface area contributed by atoms with Gasteiger partial charge in [0.1, 0.15) is 18.3 Å². The maximum absolute atomic E-state index is 12.2. The Balaban J connectivity index is 0.000000383. The van der Waals surface area contributed by atoms with Crippen LogP contribution in [0, 0.1) is 5.92 Å². The first-order valence-electron chi connectivity index (χ1n) is 9.37. The molecule has 180 valence electrons. The van der Waals surface area contributed by atoms with Crippen molar-refractivity contribution in [3.63, 3.8) is 0 Å². The Morgan fingerprint density at radius 1 is 1.30 bits per heavy atom. The van der Waals surface area contributed by atoms with Crippen LogP contribution in [-0.4, -0.2) is 96.7 Å². The molecule has 13 nitrogen and oxygen atoms in total. The van der Waals surface area contributed by atoms with Gasteiger partial charge < -0.3 is 20.8 Å². The zero-order chi connectivity index (χ0) is 24.5. The van der Waals surface area contributed by atoms with Gasteiger partial charge in [-0.15, -0.1) is 5.10 Å². The van der Waals surface area contributed by atoms with Crippen LogP contribution in [0.5, 0.6) is 0 Å². The molecule has 3 aliphatic heterocycles. The van der Waals surface area contributed by atoms with Crippen LogP contribution in [0.15, 0.2) is 16.4 Å². The number of aliphatic carboxylic acids is 2. The SMILES string of the molecule is CNC(=O)Cn1nnnc1SCC1=C(C(=O)O)N2C(=O)[C@H]3NC[C@@H](C1)[C@H]32.O=C(O)C(F)(F)F. The van der Waals surface area contributed by atoms with Gasteiger partial charge >= 0.3 is 18.1 Å². The Kier molecular flexibility index (Phi) is 6.92. The minimum absolute atomic E-state index is 0.0163. The third-order valence-corrected chi connectivity index (χ3v) is 6.25. The molecule has 2 fully saturated rings. The molecule has 0 bridgehead atoms. The number of carbonyl (C=O) groups excluding carboxylic acids is 2.